The predicted molar refractivity (Wildman–Crippen MR) is 279 cm³/mol. The maximum absolute atomic E-state index is 12.8. The summed E-state index contributed by atoms with van der Waals surface area (Å²) in [5.74, 6) is -0.983. The van der Waals surface area contributed by atoms with Crippen molar-refractivity contribution in [2.24, 2.45) is 0 Å². The Morgan fingerprint density at radius 1 is 0.308 bits per heavy atom. The molecule has 65 heavy (non-hydrogen) atoms. The van der Waals surface area contributed by atoms with Gasteiger partial charge in [-0.15, -0.1) is 0 Å². The molecule has 0 aromatic heterocycles. The topological polar surface area (TPSA) is 78.9 Å². The second-order valence-corrected chi connectivity index (χ2v) is 17.8. The molecule has 0 aliphatic heterocycles. The molecule has 0 heterocycles. The highest BCUT2D eigenvalue weighted by atomic mass is 16.6. The Kier molecular flexibility index (Phi) is 50.4. The van der Waals surface area contributed by atoms with Crippen LogP contribution in [0.2, 0.25) is 0 Å². The third-order valence-electron chi connectivity index (χ3n) is 11.3. The molecule has 0 aromatic carbocycles. The molecule has 0 fully saturated rings. The Bertz CT molecular complexity index is 1270. The molecule has 1 atom stereocenters. The number of esters is 3. The highest BCUT2D eigenvalue weighted by Crippen LogP contribution is 2.13. The van der Waals surface area contributed by atoms with E-state index in [1.165, 1.54) is 103 Å². The number of hydrogen-bond acceptors (Lipinski definition) is 6. The van der Waals surface area contributed by atoms with Crippen molar-refractivity contribution < 1.29 is 28.6 Å². The molecule has 0 aliphatic rings. The molecule has 372 valence electrons. The van der Waals surface area contributed by atoms with Crippen LogP contribution in [0.1, 0.15) is 252 Å². The van der Waals surface area contributed by atoms with Crippen molar-refractivity contribution >= 4 is 17.9 Å². The molecular weight excluding hydrogens is 805 g/mol. The molecule has 0 unspecified atom stereocenters. The van der Waals surface area contributed by atoms with Crippen molar-refractivity contribution in [2.75, 3.05) is 13.2 Å². The molecule has 6 heteroatoms. The van der Waals surface area contributed by atoms with E-state index in [1.54, 1.807) is 0 Å². The lowest BCUT2D eigenvalue weighted by Gasteiger charge is -2.18. The first kappa shape index (κ1) is 61.6. The average Bonchev–Trinajstić information content (AvgIpc) is 3.30. The van der Waals surface area contributed by atoms with Crippen LogP contribution in [0.4, 0.5) is 0 Å². The molecule has 0 radical (unpaired) electrons. The summed E-state index contributed by atoms with van der Waals surface area (Å²) in [6.07, 6.45) is 68.5. The van der Waals surface area contributed by atoms with Gasteiger partial charge in [0.15, 0.2) is 6.10 Å². The molecule has 0 aromatic rings. The van der Waals surface area contributed by atoms with Crippen molar-refractivity contribution in [1.82, 2.24) is 0 Å². The number of unbranched alkanes of at least 4 members (excludes halogenated alkanes) is 23. The summed E-state index contributed by atoms with van der Waals surface area (Å²) in [4.78, 5) is 38.0. The van der Waals surface area contributed by atoms with Gasteiger partial charge in [-0.05, 0) is 116 Å². The molecule has 0 spiro atoms. The number of hydrogen-bond donors (Lipinski definition) is 0. The van der Waals surface area contributed by atoms with Gasteiger partial charge in [-0.1, -0.05) is 202 Å². The molecule has 0 N–H and O–H groups in total. The minimum atomic E-state index is -0.809. The lowest BCUT2D eigenvalue weighted by atomic mass is 10.1. The van der Waals surface area contributed by atoms with Gasteiger partial charge in [0.2, 0.25) is 0 Å². The molecular formula is C59H100O6. The second-order valence-electron chi connectivity index (χ2n) is 17.8. The van der Waals surface area contributed by atoms with E-state index in [0.29, 0.717) is 19.3 Å². The first-order valence-corrected chi connectivity index (χ1v) is 27.1. The summed E-state index contributed by atoms with van der Waals surface area (Å²) >= 11 is 0. The van der Waals surface area contributed by atoms with E-state index in [2.05, 4.69) is 106 Å². The first-order chi connectivity index (χ1) is 32.0. The van der Waals surface area contributed by atoms with Gasteiger partial charge in [0.25, 0.3) is 0 Å². The fourth-order valence-electron chi connectivity index (χ4n) is 7.22. The number of ether oxygens (including phenoxy) is 3. The Morgan fingerprint density at radius 2 is 0.569 bits per heavy atom. The van der Waals surface area contributed by atoms with Gasteiger partial charge in [-0.3, -0.25) is 14.4 Å². The van der Waals surface area contributed by atoms with Gasteiger partial charge in [0.1, 0.15) is 13.2 Å². The third kappa shape index (κ3) is 51.4. The lowest BCUT2D eigenvalue weighted by Crippen LogP contribution is -2.30. The summed E-state index contributed by atoms with van der Waals surface area (Å²) in [5.41, 5.74) is 0. The van der Waals surface area contributed by atoms with E-state index in [-0.39, 0.29) is 37.5 Å². The van der Waals surface area contributed by atoms with Crippen molar-refractivity contribution in [3.8, 4) is 0 Å². The number of rotatable bonds is 48. The van der Waals surface area contributed by atoms with Gasteiger partial charge < -0.3 is 14.2 Å². The van der Waals surface area contributed by atoms with Crippen LogP contribution in [0.3, 0.4) is 0 Å². The van der Waals surface area contributed by atoms with E-state index in [1.807, 2.05) is 0 Å². The number of allylic oxidation sites excluding steroid dienone is 14. The maximum atomic E-state index is 12.8. The molecule has 0 rings (SSSR count). The second kappa shape index (κ2) is 53.2. The molecule has 0 saturated carbocycles. The van der Waals surface area contributed by atoms with E-state index < -0.39 is 6.10 Å². The quantitative estimate of drug-likeness (QED) is 0.0262. The molecule has 0 saturated heterocycles. The van der Waals surface area contributed by atoms with Gasteiger partial charge in [-0.25, -0.2) is 0 Å². The van der Waals surface area contributed by atoms with Gasteiger partial charge in [-0.2, -0.15) is 0 Å². The Labute approximate surface area is 401 Å². The first-order valence-electron chi connectivity index (χ1n) is 27.1. The largest absolute Gasteiger partial charge is 0.462 e. The summed E-state index contributed by atoms with van der Waals surface area (Å²) in [7, 11) is 0. The fraction of sp³-hybridized carbons (Fsp3) is 0.712. The Morgan fingerprint density at radius 3 is 0.969 bits per heavy atom. The molecule has 0 aliphatic carbocycles. The van der Waals surface area contributed by atoms with Crippen LogP contribution in [0.15, 0.2) is 85.1 Å². The minimum absolute atomic E-state index is 0.104. The normalized spacial score (nSPS) is 12.7. The van der Waals surface area contributed by atoms with Gasteiger partial charge >= 0.3 is 17.9 Å². The van der Waals surface area contributed by atoms with Crippen LogP contribution in [-0.4, -0.2) is 37.2 Å². The van der Waals surface area contributed by atoms with Crippen LogP contribution < -0.4 is 0 Å². The Hall–Kier alpha value is -3.41. The molecule has 0 amide bonds. The van der Waals surface area contributed by atoms with E-state index >= 15 is 0 Å². The maximum Gasteiger partial charge on any atom is 0.306 e. The predicted octanol–water partition coefficient (Wildman–Crippen LogP) is 18.0. The van der Waals surface area contributed by atoms with E-state index in [0.717, 1.165) is 103 Å². The smallest absolute Gasteiger partial charge is 0.306 e. The molecule has 6 nitrogen and oxygen atoms in total. The number of carbonyl (C=O) groups excluding carboxylic acids is 3. The van der Waals surface area contributed by atoms with Crippen molar-refractivity contribution in [2.45, 2.75) is 258 Å². The van der Waals surface area contributed by atoms with Crippen LogP contribution >= 0.6 is 0 Å². The van der Waals surface area contributed by atoms with Crippen molar-refractivity contribution in [3.05, 3.63) is 85.1 Å². The standard InChI is InChI=1S/C59H100O6/c1-4-7-10-13-16-19-22-25-28-29-32-34-37-40-43-46-49-52-58(61)64-55-56(65-59(62)53-50-47-44-41-38-35-31-27-24-21-18-15-12-9-6-3)54-63-57(60)51-48-45-42-39-36-33-30-26-23-20-17-14-11-8-5-2/h16,18-19,21,25-28,30-32,34,40,43,56H,4-15,17,20,22-24,29,33,35-39,41-42,44-55H2,1-3H3/b19-16-,21-18-,28-25-,30-26-,31-27-,34-32-,43-40-/t56-/m0/s1. The average molecular weight is 905 g/mol. The van der Waals surface area contributed by atoms with Gasteiger partial charge in [0.05, 0.1) is 0 Å². The highest BCUT2D eigenvalue weighted by molar-refractivity contribution is 5.71. The van der Waals surface area contributed by atoms with Crippen LogP contribution in [0.25, 0.3) is 0 Å². The van der Waals surface area contributed by atoms with E-state index in [4.69, 9.17) is 14.2 Å². The van der Waals surface area contributed by atoms with Crippen LogP contribution in [0.5, 0.6) is 0 Å². The van der Waals surface area contributed by atoms with Crippen LogP contribution in [0, 0.1) is 0 Å². The van der Waals surface area contributed by atoms with Gasteiger partial charge in [0, 0.05) is 19.3 Å². The molecule has 0 bridgehead atoms. The number of carbonyl (C=O) groups is 3. The highest BCUT2D eigenvalue weighted by Gasteiger charge is 2.19. The summed E-state index contributed by atoms with van der Waals surface area (Å²) in [6, 6.07) is 0. The minimum Gasteiger partial charge on any atom is -0.462 e. The monoisotopic (exact) mass is 905 g/mol. The lowest BCUT2D eigenvalue weighted by molar-refractivity contribution is -0.167. The Balaban J connectivity index is 4.51. The summed E-state index contributed by atoms with van der Waals surface area (Å²) < 4.78 is 16.8. The third-order valence-corrected chi connectivity index (χ3v) is 11.3. The zero-order valence-corrected chi connectivity index (χ0v) is 42.5. The zero-order valence-electron chi connectivity index (χ0n) is 42.5. The SMILES string of the molecule is CCCCC/C=C\C/C=C\C/C=C\C/C=C\CCCC(=O)OC[C@H](COC(=O)CCCCCCC/C=C\CCCCCCCC)OC(=O)CCCCCCC/C=C\C/C=C\CCCCC. The van der Waals surface area contributed by atoms with Crippen LogP contribution in [-0.2, 0) is 28.6 Å². The fourth-order valence-corrected chi connectivity index (χ4v) is 7.22. The summed E-state index contributed by atoms with van der Waals surface area (Å²) in [6.45, 7) is 6.51. The van der Waals surface area contributed by atoms with E-state index in [9.17, 15) is 14.4 Å². The summed E-state index contributed by atoms with van der Waals surface area (Å²) in [5, 5.41) is 0. The zero-order chi connectivity index (χ0) is 47.2. The van der Waals surface area contributed by atoms with Crippen molar-refractivity contribution in [3.63, 3.8) is 0 Å². The van der Waals surface area contributed by atoms with Crippen molar-refractivity contribution in [1.29, 1.82) is 0 Å².